The minimum absolute atomic E-state index is 0.223. The molecule has 28 heavy (non-hydrogen) atoms. The monoisotopic (exact) mass is 390 g/mol. The summed E-state index contributed by atoms with van der Waals surface area (Å²) in [5.41, 5.74) is 2.77. The van der Waals surface area contributed by atoms with Gasteiger partial charge in [-0.3, -0.25) is 14.7 Å². The highest BCUT2D eigenvalue weighted by atomic mass is 32.1. The zero-order valence-electron chi connectivity index (χ0n) is 14.7. The lowest BCUT2D eigenvalue weighted by molar-refractivity contribution is 0.0980. The molecule has 0 unspecified atom stereocenters. The molecule has 0 aliphatic heterocycles. The Morgan fingerprint density at radius 1 is 1.04 bits per heavy atom. The molecule has 2 aromatic heterocycles. The van der Waals surface area contributed by atoms with E-state index in [4.69, 9.17) is 0 Å². The molecule has 0 saturated carbocycles. The van der Waals surface area contributed by atoms with E-state index in [1.165, 1.54) is 47.0 Å². The Bertz CT molecular complexity index is 1070. The van der Waals surface area contributed by atoms with Crippen molar-refractivity contribution in [1.82, 2.24) is 15.0 Å². The Labute approximate surface area is 165 Å². The maximum Gasteiger partial charge on any atom is 0.280 e. The lowest BCUT2D eigenvalue weighted by Crippen LogP contribution is -2.31. The van der Waals surface area contributed by atoms with E-state index in [9.17, 15) is 9.18 Å². The molecule has 0 spiro atoms. The number of amides is 1. The van der Waals surface area contributed by atoms with Crippen LogP contribution in [0, 0.1) is 5.82 Å². The molecule has 0 aliphatic carbocycles. The third-order valence-corrected chi connectivity index (χ3v) is 4.94. The van der Waals surface area contributed by atoms with E-state index in [1.54, 1.807) is 12.1 Å². The van der Waals surface area contributed by atoms with E-state index in [1.807, 2.05) is 35.7 Å². The van der Waals surface area contributed by atoms with Crippen LogP contribution in [0.2, 0.25) is 0 Å². The first-order valence-electron chi connectivity index (χ1n) is 8.54. The first-order valence-corrected chi connectivity index (χ1v) is 9.42. The van der Waals surface area contributed by atoms with E-state index < -0.39 is 0 Å². The van der Waals surface area contributed by atoms with Gasteiger partial charge in [0.05, 0.1) is 18.4 Å². The molecule has 0 N–H and O–H groups in total. The number of hydrogen-bond acceptors (Lipinski definition) is 5. The predicted octanol–water partition coefficient (Wildman–Crippen LogP) is 4.59. The third kappa shape index (κ3) is 3.94. The van der Waals surface area contributed by atoms with Crippen molar-refractivity contribution in [1.29, 1.82) is 0 Å². The van der Waals surface area contributed by atoms with Gasteiger partial charge in [-0.05, 0) is 17.7 Å². The fraction of sp³-hybridized carbons (Fsp3) is 0.0476. The smallest absolute Gasteiger partial charge is 0.278 e. The average molecular weight is 390 g/mol. The van der Waals surface area contributed by atoms with Crippen LogP contribution >= 0.6 is 11.3 Å². The van der Waals surface area contributed by atoms with Crippen molar-refractivity contribution in [2.45, 2.75) is 6.54 Å². The second kappa shape index (κ2) is 8.06. The zero-order valence-corrected chi connectivity index (χ0v) is 15.5. The number of anilines is 1. The van der Waals surface area contributed by atoms with Crippen molar-refractivity contribution < 1.29 is 9.18 Å². The van der Waals surface area contributed by atoms with Crippen LogP contribution in [-0.2, 0) is 6.54 Å². The maximum absolute atomic E-state index is 13.3. The maximum atomic E-state index is 13.3. The number of halogens is 1. The number of rotatable bonds is 5. The summed E-state index contributed by atoms with van der Waals surface area (Å²) in [6.45, 7) is 0.247. The lowest BCUT2D eigenvalue weighted by Gasteiger charge is -2.19. The standard InChI is InChI=1S/C21H15FN4OS/c22-17-8-6-15(7-9-17)13-26(20(27)18-12-23-10-11-24-18)21-25-19(14-28-21)16-4-2-1-3-5-16/h1-12,14H,13H2. The highest BCUT2D eigenvalue weighted by molar-refractivity contribution is 7.14. The normalized spacial score (nSPS) is 10.6. The number of benzene rings is 2. The SMILES string of the molecule is O=C(c1cnccn1)N(Cc1ccc(F)cc1)c1nc(-c2ccccc2)cs1. The van der Waals surface area contributed by atoms with Crippen molar-refractivity contribution >= 4 is 22.4 Å². The van der Waals surface area contributed by atoms with Gasteiger partial charge in [-0.1, -0.05) is 42.5 Å². The van der Waals surface area contributed by atoms with Crippen LogP contribution in [0.3, 0.4) is 0 Å². The largest absolute Gasteiger partial charge is 0.280 e. The second-order valence-electron chi connectivity index (χ2n) is 5.99. The van der Waals surface area contributed by atoms with Crippen molar-refractivity contribution in [3.63, 3.8) is 0 Å². The Hall–Kier alpha value is -3.45. The molecule has 4 rings (SSSR count). The summed E-state index contributed by atoms with van der Waals surface area (Å²) < 4.78 is 13.3. The Morgan fingerprint density at radius 2 is 1.82 bits per heavy atom. The minimum atomic E-state index is -0.323. The summed E-state index contributed by atoms with van der Waals surface area (Å²) in [6.07, 6.45) is 4.41. The van der Waals surface area contributed by atoms with Crippen LogP contribution in [0.1, 0.15) is 16.1 Å². The van der Waals surface area contributed by atoms with E-state index in [0.717, 1.165) is 16.8 Å². The number of thiazole rings is 1. The Balaban J connectivity index is 1.69. The molecular formula is C21H15FN4OS. The molecule has 1 amide bonds. The fourth-order valence-electron chi connectivity index (χ4n) is 2.68. The third-order valence-electron chi connectivity index (χ3n) is 4.07. The molecule has 2 heterocycles. The summed E-state index contributed by atoms with van der Waals surface area (Å²) >= 11 is 1.37. The van der Waals surface area contributed by atoms with Gasteiger partial charge in [-0.2, -0.15) is 0 Å². The van der Waals surface area contributed by atoms with Crippen LogP contribution in [0.15, 0.2) is 78.6 Å². The summed E-state index contributed by atoms with van der Waals surface area (Å²) in [7, 11) is 0. The highest BCUT2D eigenvalue weighted by Crippen LogP contribution is 2.29. The van der Waals surface area contributed by atoms with Crippen molar-refractivity contribution in [3.8, 4) is 11.3 Å². The van der Waals surface area contributed by atoms with Gasteiger partial charge in [0, 0.05) is 23.3 Å². The number of nitrogens with zero attached hydrogens (tertiary/aromatic N) is 4. The van der Waals surface area contributed by atoms with Crippen molar-refractivity contribution in [2.24, 2.45) is 0 Å². The molecular weight excluding hydrogens is 375 g/mol. The van der Waals surface area contributed by atoms with Crippen molar-refractivity contribution in [3.05, 3.63) is 95.6 Å². The topological polar surface area (TPSA) is 59.0 Å². The lowest BCUT2D eigenvalue weighted by atomic mass is 10.2. The molecule has 0 aliphatic rings. The van der Waals surface area contributed by atoms with E-state index in [-0.39, 0.29) is 24.0 Å². The van der Waals surface area contributed by atoms with Crippen LogP contribution in [-0.4, -0.2) is 20.9 Å². The average Bonchev–Trinajstić information content (AvgIpc) is 3.24. The molecule has 7 heteroatoms. The highest BCUT2D eigenvalue weighted by Gasteiger charge is 2.22. The summed E-state index contributed by atoms with van der Waals surface area (Å²) in [5, 5.41) is 2.45. The molecule has 0 radical (unpaired) electrons. The molecule has 2 aromatic carbocycles. The van der Waals surface area contributed by atoms with E-state index >= 15 is 0 Å². The summed E-state index contributed by atoms with van der Waals surface area (Å²) in [4.78, 5) is 27.3. The number of carbonyl (C=O) groups is 1. The number of carbonyl (C=O) groups excluding carboxylic acids is 1. The van der Waals surface area contributed by atoms with E-state index in [0.29, 0.717) is 5.13 Å². The Morgan fingerprint density at radius 3 is 2.54 bits per heavy atom. The van der Waals surface area contributed by atoms with Crippen LogP contribution < -0.4 is 4.90 Å². The van der Waals surface area contributed by atoms with Crippen LogP contribution in [0.25, 0.3) is 11.3 Å². The second-order valence-corrected chi connectivity index (χ2v) is 6.83. The van der Waals surface area contributed by atoms with Gasteiger partial charge < -0.3 is 0 Å². The van der Waals surface area contributed by atoms with Gasteiger partial charge in [0.15, 0.2) is 5.13 Å². The van der Waals surface area contributed by atoms with E-state index in [2.05, 4.69) is 15.0 Å². The van der Waals surface area contributed by atoms with Gasteiger partial charge in [-0.25, -0.2) is 14.4 Å². The van der Waals surface area contributed by atoms with Gasteiger partial charge >= 0.3 is 0 Å². The summed E-state index contributed by atoms with van der Waals surface area (Å²) in [6, 6.07) is 15.8. The number of aromatic nitrogens is 3. The first kappa shape index (κ1) is 17.9. The van der Waals surface area contributed by atoms with Gasteiger partial charge in [-0.15, -0.1) is 11.3 Å². The number of hydrogen-bond donors (Lipinski definition) is 0. The predicted molar refractivity (Wildman–Crippen MR) is 106 cm³/mol. The zero-order chi connectivity index (χ0) is 19.3. The van der Waals surface area contributed by atoms with Crippen molar-refractivity contribution in [2.75, 3.05) is 4.90 Å². The molecule has 4 aromatic rings. The quantitative estimate of drug-likeness (QED) is 0.500. The van der Waals surface area contributed by atoms with Gasteiger partial charge in [0.2, 0.25) is 0 Å². The van der Waals surface area contributed by atoms with Gasteiger partial charge in [0.1, 0.15) is 11.5 Å². The molecule has 5 nitrogen and oxygen atoms in total. The van der Waals surface area contributed by atoms with Crippen LogP contribution in [0.4, 0.5) is 9.52 Å². The molecule has 138 valence electrons. The molecule has 0 fully saturated rings. The summed E-state index contributed by atoms with van der Waals surface area (Å²) in [5.74, 6) is -0.637. The van der Waals surface area contributed by atoms with Crippen LogP contribution in [0.5, 0.6) is 0 Å². The molecule has 0 saturated heterocycles. The Kier molecular flexibility index (Phi) is 5.16. The molecule has 0 bridgehead atoms. The first-order chi connectivity index (χ1) is 13.7. The minimum Gasteiger partial charge on any atom is -0.278 e. The van der Waals surface area contributed by atoms with Gasteiger partial charge in [0.25, 0.3) is 5.91 Å². The molecule has 0 atom stereocenters. The fourth-order valence-corrected chi connectivity index (χ4v) is 3.51.